The van der Waals surface area contributed by atoms with Gasteiger partial charge >= 0.3 is 5.97 Å². The van der Waals surface area contributed by atoms with Crippen LogP contribution < -0.4 is 14.8 Å². The second-order valence-electron chi connectivity index (χ2n) is 5.69. The van der Waals surface area contributed by atoms with Gasteiger partial charge in [-0.1, -0.05) is 41.4 Å². The summed E-state index contributed by atoms with van der Waals surface area (Å²) in [6.45, 7) is 0.257. The van der Waals surface area contributed by atoms with Gasteiger partial charge in [-0.25, -0.2) is 0 Å². The molecule has 0 saturated carbocycles. The molecule has 0 amide bonds. The number of aliphatic carboxylic acids is 1. The van der Waals surface area contributed by atoms with Crippen LogP contribution in [0.5, 0.6) is 11.5 Å². The van der Waals surface area contributed by atoms with Gasteiger partial charge in [-0.15, -0.1) is 11.8 Å². The van der Waals surface area contributed by atoms with E-state index in [4.69, 9.17) is 37.8 Å². The molecule has 0 aliphatic carbocycles. The van der Waals surface area contributed by atoms with E-state index in [0.29, 0.717) is 27.3 Å². The molecule has 2 unspecified atom stereocenters. The van der Waals surface area contributed by atoms with Gasteiger partial charge in [0, 0.05) is 16.3 Å². The molecule has 0 aromatic heterocycles. The fourth-order valence-electron chi connectivity index (χ4n) is 2.60. The standard InChI is InChI=1S/C18H17Cl2NO4S/c1-24-15-7-11(17-21-14(9-26-17)18(22)23)6-13(20)16(15)25-8-10-4-2-3-5-12(10)19/h2-7,14,17,21H,8-9H2,1H3,(H,22,23). The molecule has 3 rings (SSSR count). The summed E-state index contributed by atoms with van der Waals surface area (Å²) in [6.07, 6.45) is 0. The van der Waals surface area contributed by atoms with E-state index in [9.17, 15) is 4.79 Å². The molecular formula is C18H17Cl2NO4S. The highest BCUT2D eigenvalue weighted by atomic mass is 35.5. The summed E-state index contributed by atoms with van der Waals surface area (Å²) in [5, 5.41) is 13.0. The Morgan fingerprint density at radius 3 is 2.73 bits per heavy atom. The van der Waals surface area contributed by atoms with Crippen molar-refractivity contribution in [2.75, 3.05) is 12.9 Å². The Balaban J connectivity index is 1.79. The molecule has 8 heteroatoms. The van der Waals surface area contributed by atoms with Crippen molar-refractivity contribution in [3.05, 3.63) is 57.6 Å². The largest absolute Gasteiger partial charge is 0.493 e. The number of nitrogens with one attached hydrogen (secondary N) is 1. The highest BCUT2D eigenvalue weighted by Crippen LogP contribution is 2.42. The summed E-state index contributed by atoms with van der Waals surface area (Å²) in [5.41, 5.74) is 1.68. The maximum absolute atomic E-state index is 11.1. The van der Waals surface area contributed by atoms with Gasteiger partial charge in [0.25, 0.3) is 0 Å². The smallest absolute Gasteiger partial charge is 0.321 e. The predicted octanol–water partition coefficient (Wildman–Crippen LogP) is 4.37. The van der Waals surface area contributed by atoms with Crippen LogP contribution in [-0.4, -0.2) is 30.0 Å². The number of ether oxygens (including phenoxy) is 2. The molecule has 2 aromatic rings. The number of hydrogen-bond acceptors (Lipinski definition) is 5. The number of carboxylic acid groups (broad SMARTS) is 1. The highest BCUT2D eigenvalue weighted by molar-refractivity contribution is 7.99. The molecule has 5 nitrogen and oxygen atoms in total. The first-order chi connectivity index (χ1) is 12.5. The third-order valence-corrected chi connectivity index (χ3v) is 5.88. The average Bonchev–Trinajstić information content (AvgIpc) is 3.12. The van der Waals surface area contributed by atoms with E-state index in [-0.39, 0.29) is 12.0 Å². The average molecular weight is 414 g/mol. The Bertz CT molecular complexity index is 818. The zero-order chi connectivity index (χ0) is 18.7. The van der Waals surface area contributed by atoms with Gasteiger partial charge in [-0.3, -0.25) is 10.1 Å². The molecule has 0 bridgehead atoms. The van der Waals surface area contributed by atoms with Gasteiger partial charge in [0.15, 0.2) is 11.5 Å². The Morgan fingerprint density at radius 2 is 2.08 bits per heavy atom. The molecule has 26 heavy (non-hydrogen) atoms. The molecule has 2 atom stereocenters. The molecule has 138 valence electrons. The number of rotatable bonds is 6. The lowest BCUT2D eigenvalue weighted by molar-refractivity contribution is -0.138. The number of hydrogen-bond donors (Lipinski definition) is 2. The Hall–Kier alpha value is -1.60. The van der Waals surface area contributed by atoms with Crippen molar-refractivity contribution in [1.82, 2.24) is 5.32 Å². The van der Waals surface area contributed by atoms with Crippen LogP contribution in [0, 0.1) is 0 Å². The second-order valence-corrected chi connectivity index (χ2v) is 7.64. The molecule has 1 aliphatic rings. The summed E-state index contributed by atoms with van der Waals surface area (Å²) in [4.78, 5) is 11.1. The quantitative estimate of drug-likeness (QED) is 0.732. The topological polar surface area (TPSA) is 67.8 Å². The molecule has 2 aromatic carbocycles. The van der Waals surface area contributed by atoms with Gasteiger partial charge in [0.05, 0.1) is 17.5 Å². The minimum absolute atomic E-state index is 0.167. The minimum atomic E-state index is -0.863. The van der Waals surface area contributed by atoms with Crippen LogP contribution in [0.4, 0.5) is 0 Å². The van der Waals surface area contributed by atoms with Crippen LogP contribution in [0.2, 0.25) is 10.0 Å². The first-order valence-corrected chi connectivity index (χ1v) is 9.64. The van der Waals surface area contributed by atoms with Crippen molar-refractivity contribution >= 4 is 40.9 Å². The molecule has 1 saturated heterocycles. The van der Waals surface area contributed by atoms with Crippen molar-refractivity contribution in [2.24, 2.45) is 0 Å². The van der Waals surface area contributed by atoms with Crippen LogP contribution in [0.1, 0.15) is 16.5 Å². The number of halogens is 2. The lowest BCUT2D eigenvalue weighted by Crippen LogP contribution is -2.33. The third kappa shape index (κ3) is 4.20. The van der Waals surface area contributed by atoms with Crippen molar-refractivity contribution in [1.29, 1.82) is 0 Å². The van der Waals surface area contributed by atoms with Crippen molar-refractivity contribution in [2.45, 2.75) is 18.0 Å². The summed E-state index contributed by atoms with van der Waals surface area (Å²) < 4.78 is 11.3. The summed E-state index contributed by atoms with van der Waals surface area (Å²) in [7, 11) is 1.53. The molecule has 1 heterocycles. The number of thioether (sulfide) groups is 1. The number of carbonyl (C=O) groups is 1. The van der Waals surface area contributed by atoms with E-state index >= 15 is 0 Å². The van der Waals surface area contributed by atoms with E-state index in [2.05, 4.69) is 5.32 Å². The van der Waals surface area contributed by atoms with Crippen LogP contribution >= 0.6 is 35.0 Å². The lowest BCUT2D eigenvalue weighted by atomic mass is 10.1. The zero-order valence-corrected chi connectivity index (χ0v) is 16.2. The summed E-state index contributed by atoms with van der Waals surface area (Å²) in [5.74, 6) is 0.541. The number of methoxy groups -OCH3 is 1. The van der Waals surface area contributed by atoms with Crippen LogP contribution in [0.3, 0.4) is 0 Å². The van der Waals surface area contributed by atoms with E-state index in [1.807, 2.05) is 24.3 Å². The molecule has 1 fully saturated rings. The predicted molar refractivity (Wildman–Crippen MR) is 104 cm³/mol. The van der Waals surface area contributed by atoms with Gasteiger partial charge < -0.3 is 14.6 Å². The SMILES string of the molecule is COc1cc(C2NC(C(=O)O)CS2)cc(Cl)c1OCc1ccccc1Cl. The number of benzene rings is 2. The lowest BCUT2D eigenvalue weighted by Gasteiger charge is -2.17. The van der Waals surface area contributed by atoms with E-state index in [0.717, 1.165) is 11.1 Å². The maximum atomic E-state index is 11.1. The molecular weight excluding hydrogens is 397 g/mol. The Kier molecular flexibility index (Phi) is 6.19. The normalized spacial score (nSPS) is 19.3. The monoisotopic (exact) mass is 413 g/mol. The van der Waals surface area contributed by atoms with Crippen LogP contribution in [0.15, 0.2) is 36.4 Å². The van der Waals surface area contributed by atoms with Gasteiger partial charge in [-0.2, -0.15) is 0 Å². The molecule has 0 spiro atoms. The van der Waals surface area contributed by atoms with Crippen molar-refractivity contribution in [3.63, 3.8) is 0 Å². The Morgan fingerprint density at radius 1 is 1.31 bits per heavy atom. The van der Waals surface area contributed by atoms with Crippen molar-refractivity contribution < 1.29 is 19.4 Å². The second kappa shape index (κ2) is 8.39. The van der Waals surface area contributed by atoms with Gasteiger partial charge in [-0.05, 0) is 23.8 Å². The number of carboxylic acids is 1. The fourth-order valence-corrected chi connectivity index (χ4v) is 4.28. The summed E-state index contributed by atoms with van der Waals surface area (Å²) in [6, 6.07) is 10.4. The van der Waals surface area contributed by atoms with Crippen molar-refractivity contribution in [3.8, 4) is 11.5 Å². The van der Waals surface area contributed by atoms with Crippen LogP contribution in [-0.2, 0) is 11.4 Å². The molecule has 1 aliphatic heterocycles. The van der Waals surface area contributed by atoms with Crippen LogP contribution in [0.25, 0.3) is 0 Å². The van der Waals surface area contributed by atoms with Gasteiger partial charge in [0.2, 0.25) is 0 Å². The first kappa shape index (κ1) is 19.2. The fraction of sp³-hybridized carbons (Fsp3) is 0.278. The molecule has 0 radical (unpaired) electrons. The zero-order valence-electron chi connectivity index (χ0n) is 13.9. The van der Waals surface area contributed by atoms with E-state index in [1.165, 1.54) is 18.9 Å². The third-order valence-electron chi connectivity index (χ3n) is 3.96. The maximum Gasteiger partial charge on any atom is 0.321 e. The van der Waals surface area contributed by atoms with E-state index < -0.39 is 12.0 Å². The summed E-state index contributed by atoms with van der Waals surface area (Å²) >= 11 is 14.1. The van der Waals surface area contributed by atoms with Gasteiger partial charge in [0.1, 0.15) is 12.6 Å². The minimum Gasteiger partial charge on any atom is -0.493 e. The Labute approximate surface area is 165 Å². The highest BCUT2D eigenvalue weighted by Gasteiger charge is 2.31. The molecule has 2 N–H and O–H groups in total. The first-order valence-electron chi connectivity index (χ1n) is 7.83. The van der Waals surface area contributed by atoms with E-state index in [1.54, 1.807) is 12.1 Å².